The van der Waals surface area contributed by atoms with Crippen LogP contribution in [0.1, 0.15) is 51.0 Å². The maximum absolute atomic E-state index is 15.1. The zero-order chi connectivity index (χ0) is 27.1. The van der Waals surface area contributed by atoms with E-state index in [-0.39, 0.29) is 41.9 Å². The molecule has 1 saturated heterocycles. The van der Waals surface area contributed by atoms with E-state index in [9.17, 15) is 8.78 Å². The van der Waals surface area contributed by atoms with Crippen molar-refractivity contribution in [2.45, 2.75) is 51.7 Å². The van der Waals surface area contributed by atoms with Gasteiger partial charge in [0.2, 0.25) is 5.82 Å². The molecular weight excluding hydrogens is 496 g/mol. The Balaban J connectivity index is 1.48. The van der Waals surface area contributed by atoms with Gasteiger partial charge in [0, 0.05) is 23.5 Å². The Morgan fingerprint density at radius 2 is 1.42 bits per heavy atom. The first-order valence-corrected chi connectivity index (χ1v) is 13.0. The van der Waals surface area contributed by atoms with Gasteiger partial charge in [0.25, 0.3) is 0 Å². The molecule has 0 atom stereocenters. The number of allylic oxidation sites excluding steroid dienone is 2. The number of rotatable bonds is 10. The van der Waals surface area contributed by atoms with Crippen LogP contribution in [0, 0.1) is 23.3 Å². The van der Waals surface area contributed by atoms with Gasteiger partial charge in [0.05, 0.1) is 19.8 Å². The molecule has 202 valence electrons. The summed E-state index contributed by atoms with van der Waals surface area (Å²) in [5.74, 6) is -4.53. The van der Waals surface area contributed by atoms with E-state index < -0.39 is 29.2 Å². The molecule has 0 N–H and O–H groups in total. The quantitative estimate of drug-likeness (QED) is 0.150. The Hall–Kier alpha value is -3.16. The molecule has 0 radical (unpaired) electrons. The SMILES string of the molecule is CC=CCCC1OCC(c2ccc(-c3ccc(-c4ccc(OCCCC)c(F)c4F)cc3)c(F)c2F)CO1. The molecule has 1 fully saturated rings. The van der Waals surface area contributed by atoms with E-state index in [1.165, 1.54) is 18.2 Å². The fourth-order valence-electron chi connectivity index (χ4n) is 4.41. The van der Waals surface area contributed by atoms with Crippen molar-refractivity contribution in [1.82, 2.24) is 0 Å². The number of hydrogen-bond donors (Lipinski definition) is 0. The highest BCUT2D eigenvalue weighted by molar-refractivity contribution is 5.72. The van der Waals surface area contributed by atoms with E-state index in [4.69, 9.17) is 14.2 Å². The van der Waals surface area contributed by atoms with Gasteiger partial charge in [-0.1, -0.05) is 61.9 Å². The fraction of sp³-hybridized carbons (Fsp3) is 0.355. The molecule has 1 aliphatic heterocycles. The number of ether oxygens (including phenoxy) is 3. The predicted molar refractivity (Wildman–Crippen MR) is 140 cm³/mol. The van der Waals surface area contributed by atoms with Crippen LogP contribution in [0.25, 0.3) is 22.3 Å². The highest BCUT2D eigenvalue weighted by atomic mass is 19.2. The summed E-state index contributed by atoms with van der Waals surface area (Å²) >= 11 is 0. The Bertz CT molecular complexity index is 1250. The van der Waals surface area contributed by atoms with E-state index in [0.29, 0.717) is 24.2 Å². The van der Waals surface area contributed by atoms with Crippen LogP contribution in [0.3, 0.4) is 0 Å². The van der Waals surface area contributed by atoms with Crippen molar-refractivity contribution < 1.29 is 31.8 Å². The minimum absolute atomic E-state index is 0.0558. The van der Waals surface area contributed by atoms with Gasteiger partial charge in [-0.3, -0.25) is 0 Å². The zero-order valence-corrected chi connectivity index (χ0v) is 21.6. The van der Waals surface area contributed by atoms with Crippen LogP contribution in [0.2, 0.25) is 0 Å². The maximum Gasteiger partial charge on any atom is 0.201 e. The number of hydrogen-bond acceptors (Lipinski definition) is 3. The summed E-state index contributed by atoms with van der Waals surface area (Å²) in [7, 11) is 0. The Morgan fingerprint density at radius 1 is 0.816 bits per heavy atom. The van der Waals surface area contributed by atoms with E-state index >= 15 is 8.78 Å². The molecule has 0 bridgehead atoms. The first-order chi connectivity index (χ1) is 18.4. The molecule has 0 aliphatic carbocycles. The molecule has 38 heavy (non-hydrogen) atoms. The van der Waals surface area contributed by atoms with Crippen LogP contribution in [0.15, 0.2) is 60.7 Å². The summed E-state index contributed by atoms with van der Waals surface area (Å²) in [6.45, 7) is 4.72. The van der Waals surface area contributed by atoms with Crippen molar-refractivity contribution in [2.75, 3.05) is 19.8 Å². The molecule has 3 nitrogen and oxygen atoms in total. The second-order valence-corrected chi connectivity index (χ2v) is 9.29. The molecule has 1 heterocycles. The van der Waals surface area contributed by atoms with Crippen LogP contribution < -0.4 is 4.74 Å². The van der Waals surface area contributed by atoms with Gasteiger partial charge in [-0.15, -0.1) is 0 Å². The van der Waals surface area contributed by atoms with Gasteiger partial charge in [0.1, 0.15) is 0 Å². The summed E-state index contributed by atoms with van der Waals surface area (Å²) in [6, 6.07) is 12.1. The van der Waals surface area contributed by atoms with Gasteiger partial charge in [-0.05, 0) is 48.6 Å². The van der Waals surface area contributed by atoms with Crippen molar-refractivity contribution in [3.63, 3.8) is 0 Å². The van der Waals surface area contributed by atoms with Crippen molar-refractivity contribution in [2.24, 2.45) is 0 Å². The summed E-state index contributed by atoms with van der Waals surface area (Å²) < 4.78 is 76.1. The lowest BCUT2D eigenvalue weighted by molar-refractivity contribution is -0.189. The number of unbranched alkanes of at least 4 members (excludes halogenated alkanes) is 1. The van der Waals surface area contributed by atoms with E-state index in [2.05, 4.69) is 0 Å². The highest BCUT2D eigenvalue weighted by Gasteiger charge is 2.27. The normalized spacial score (nSPS) is 17.7. The molecule has 7 heteroatoms. The van der Waals surface area contributed by atoms with Gasteiger partial charge >= 0.3 is 0 Å². The van der Waals surface area contributed by atoms with Crippen LogP contribution in [0.5, 0.6) is 5.75 Å². The first-order valence-electron chi connectivity index (χ1n) is 13.0. The first kappa shape index (κ1) is 27.9. The molecule has 0 saturated carbocycles. The average molecular weight is 529 g/mol. The van der Waals surface area contributed by atoms with Crippen LogP contribution in [0.4, 0.5) is 17.6 Å². The molecular formula is C31H32F4O3. The standard InChI is InChI=1S/C31H32F4O3/c1-3-5-7-8-27-37-18-22(19-38-27)25-14-13-23(28(32)29(25)33)20-9-11-21(12-10-20)24-15-16-26(31(35)30(24)34)36-17-6-4-2/h3,5,9-16,22,27H,4,6-8,17-19H2,1-2H3. The average Bonchev–Trinajstić information content (AvgIpc) is 2.94. The summed E-state index contributed by atoms with van der Waals surface area (Å²) in [5, 5.41) is 0. The molecule has 0 amide bonds. The third kappa shape index (κ3) is 6.27. The maximum atomic E-state index is 15.1. The molecule has 3 aromatic carbocycles. The fourth-order valence-corrected chi connectivity index (χ4v) is 4.41. The molecule has 0 aromatic heterocycles. The molecule has 0 spiro atoms. The van der Waals surface area contributed by atoms with Crippen molar-refractivity contribution in [3.05, 3.63) is 89.5 Å². The van der Waals surface area contributed by atoms with Crippen molar-refractivity contribution in [3.8, 4) is 28.0 Å². The molecule has 4 rings (SSSR count). The van der Waals surface area contributed by atoms with Crippen LogP contribution in [-0.4, -0.2) is 26.1 Å². The lowest BCUT2D eigenvalue weighted by Gasteiger charge is -2.30. The summed E-state index contributed by atoms with van der Waals surface area (Å²) in [4.78, 5) is 0. The van der Waals surface area contributed by atoms with Gasteiger partial charge in [-0.2, -0.15) is 4.39 Å². The largest absolute Gasteiger partial charge is 0.490 e. The minimum atomic E-state index is -1.05. The van der Waals surface area contributed by atoms with Crippen molar-refractivity contribution >= 4 is 0 Å². The minimum Gasteiger partial charge on any atom is -0.490 e. The second kappa shape index (κ2) is 13.1. The lowest BCUT2D eigenvalue weighted by Crippen LogP contribution is -2.31. The third-order valence-corrected chi connectivity index (χ3v) is 6.63. The molecule has 3 aromatic rings. The van der Waals surface area contributed by atoms with E-state index in [1.54, 1.807) is 30.3 Å². The third-order valence-electron chi connectivity index (χ3n) is 6.63. The molecule has 1 aliphatic rings. The van der Waals surface area contributed by atoms with E-state index in [0.717, 1.165) is 19.3 Å². The van der Waals surface area contributed by atoms with Crippen LogP contribution >= 0.6 is 0 Å². The zero-order valence-electron chi connectivity index (χ0n) is 21.6. The highest BCUT2D eigenvalue weighted by Crippen LogP contribution is 2.34. The Labute approximate surface area is 221 Å². The monoisotopic (exact) mass is 528 g/mol. The summed E-state index contributed by atoms with van der Waals surface area (Å²) in [5.41, 5.74) is 1.15. The Kier molecular flexibility index (Phi) is 9.58. The number of benzene rings is 3. The van der Waals surface area contributed by atoms with Crippen molar-refractivity contribution in [1.29, 1.82) is 0 Å². The van der Waals surface area contributed by atoms with Gasteiger partial charge in [0.15, 0.2) is 29.5 Å². The van der Waals surface area contributed by atoms with Crippen LogP contribution in [-0.2, 0) is 9.47 Å². The molecule has 0 unspecified atom stereocenters. The second-order valence-electron chi connectivity index (χ2n) is 9.29. The number of halogens is 4. The smallest absolute Gasteiger partial charge is 0.201 e. The predicted octanol–water partition coefficient (Wildman–Crippen LogP) is 8.57. The summed E-state index contributed by atoms with van der Waals surface area (Å²) in [6.07, 6.45) is 6.77. The topological polar surface area (TPSA) is 27.7 Å². The van der Waals surface area contributed by atoms with E-state index in [1.807, 2.05) is 26.0 Å². The Morgan fingerprint density at radius 3 is 2.03 bits per heavy atom. The van der Waals surface area contributed by atoms with Gasteiger partial charge < -0.3 is 14.2 Å². The van der Waals surface area contributed by atoms with Gasteiger partial charge in [-0.25, -0.2) is 13.2 Å². The lowest BCUT2D eigenvalue weighted by atomic mass is 9.94.